The highest BCUT2D eigenvalue weighted by molar-refractivity contribution is 7.13. The second kappa shape index (κ2) is 8.47. The van der Waals surface area contributed by atoms with E-state index in [1.807, 2.05) is 48.5 Å². The molecule has 2 aromatic heterocycles. The van der Waals surface area contributed by atoms with Crippen molar-refractivity contribution < 1.29 is 9.31 Å². The predicted octanol–water partition coefficient (Wildman–Crippen LogP) is 3.87. The van der Waals surface area contributed by atoms with E-state index in [9.17, 15) is 0 Å². The lowest BCUT2D eigenvalue weighted by atomic mass is 10.2. The molecular weight excluding hydrogens is 383 g/mol. The van der Waals surface area contributed by atoms with Gasteiger partial charge in [0.25, 0.3) is 0 Å². The molecule has 0 saturated carbocycles. The van der Waals surface area contributed by atoms with Crippen LogP contribution in [0.3, 0.4) is 0 Å². The van der Waals surface area contributed by atoms with Crippen LogP contribution in [0.5, 0.6) is 11.5 Å². The summed E-state index contributed by atoms with van der Waals surface area (Å²) < 4.78 is 11.1. The van der Waals surface area contributed by atoms with Gasteiger partial charge in [-0.1, -0.05) is 34.8 Å². The molecule has 0 unspecified atom stereocenters. The molecule has 4 rings (SSSR count). The summed E-state index contributed by atoms with van der Waals surface area (Å²) in [4.78, 5) is 0. The quantitative estimate of drug-likeness (QED) is 0.435. The first-order valence-corrected chi connectivity index (χ1v) is 9.52. The molecule has 2 N–H and O–H groups in total. The Morgan fingerprint density at radius 1 is 0.741 bits per heavy atom. The number of aromatic nitrogens is 4. The molecule has 27 heavy (non-hydrogen) atoms. The lowest BCUT2D eigenvalue weighted by Crippen LogP contribution is -2.11. The Kier molecular flexibility index (Phi) is 5.41. The van der Waals surface area contributed by atoms with Crippen LogP contribution in [0.4, 0.5) is 21.6 Å². The van der Waals surface area contributed by atoms with Gasteiger partial charge in [-0.15, -0.1) is 20.4 Å². The number of nitrogens with one attached hydrogen (secondary N) is 2. The first kappa shape index (κ1) is 17.2. The lowest BCUT2D eigenvalue weighted by Gasteiger charge is -2.09. The number of hydrogen-bond acceptors (Lipinski definition) is 10. The standard InChI is InChI=1S/C16H12BN6O2S2/c1-3-11(20-15-22-18-9-26-15)7-13(5-1)24-17-25-14-6-2-4-12(8-14)21-16-23-19-10-27-16/h1-10H,(H,20,22)(H,21,23). The van der Waals surface area contributed by atoms with E-state index in [-0.39, 0.29) is 0 Å². The van der Waals surface area contributed by atoms with Crippen LogP contribution >= 0.6 is 22.7 Å². The van der Waals surface area contributed by atoms with Crippen LogP contribution in [0.2, 0.25) is 0 Å². The Morgan fingerprint density at radius 3 is 1.70 bits per heavy atom. The topological polar surface area (TPSA) is 94.1 Å². The van der Waals surface area contributed by atoms with Crippen LogP contribution in [0.25, 0.3) is 0 Å². The number of benzene rings is 2. The smallest absolute Gasteiger partial charge is 0.526 e. The third-order valence-electron chi connectivity index (χ3n) is 3.26. The summed E-state index contributed by atoms with van der Waals surface area (Å²) >= 11 is 2.84. The van der Waals surface area contributed by atoms with E-state index in [1.165, 1.54) is 30.4 Å². The van der Waals surface area contributed by atoms with E-state index in [1.54, 1.807) is 11.0 Å². The minimum Gasteiger partial charge on any atom is -0.526 e. The molecule has 0 aliphatic rings. The largest absolute Gasteiger partial charge is 0.658 e. The van der Waals surface area contributed by atoms with Gasteiger partial charge in [0.2, 0.25) is 10.3 Å². The Hall–Kier alpha value is -3.18. The van der Waals surface area contributed by atoms with E-state index in [0.29, 0.717) is 21.8 Å². The van der Waals surface area contributed by atoms with Gasteiger partial charge in [-0.2, -0.15) is 0 Å². The molecule has 2 aromatic carbocycles. The zero-order chi connectivity index (χ0) is 18.3. The van der Waals surface area contributed by atoms with E-state index in [0.717, 1.165) is 11.4 Å². The minimum atomic E-state index is 0.632. The molecule has 133 valence electrons. The molecule has 0 amide bonds. The van der Waals surface area contributed by atoms with Crippen LogP contribution in [-0.2, 0) is 0 Å². The van der Waals surface area contributed by atoms with Crippen LogP contribution < -0.4 is 19.9 Å². The molecule has 0 atom stereocenters. The fourth-order valence-corrected chi connectivity index (χ4v) is 3.06. The number of anilines is 4. The average molecular weight is 395 g/mol. The molecule has 0 aliphatic carbocycles. The van der Waals surface area contributed by atoms with Crippen molar-refractivity contribution in [1.29, 1.82) is 0 Å². The first-order valence-electron chi connectivity index (χ1n) is 7.77. The SMILES string of the molecule is [B](Oc1cccc(Nc2nncs2)c1)Oc1cccc(Nc2nncs2)c1. The molecule has 0 aliphatic heterocycles. The van der Waals surface area contributed by atoms with Crippen molar-refractivity contribution >= 4 is 52.0 Å². The van der Waals surface area contributed by atoms with Crippen molar-refractivity contribution in [1.82, 2.24) is 20.4 Å². The van der Waals surface area contributed by atoms with E-state index >= 15 is 0 Å². The second-order valence-corrected chi connectivity index (χ2v) is 6.79. The van der Waals surface area contributed by atoms with Gasteiger partial charge in [0.1, 0.15) is 22.5 Å². The third kappa shape index (κ3) is 4.93. The Morgan fingerprint density at radius 2 is 1.26 bits per heavy atom. The normalized spacial score (nSPS) is 10.2. The van der Waals surface area contributed by atoms with Crippen LogP contribution in [0.1, 0.15) is 0 Å². The molecule has 0 bridgehead atoms. The van der Waals surface area contributed by atoms with Crippen molar-refractivity contribution in [2.45, 2.75) is 0 Å². The summed E-state index contributed by atoms with van der Waals surface area (Å²) in [7, 11) is 1.29. The van der Waals surface area contributed by atoms with E-state index in [2.05, 4.69) is 31.0 Å². The summed E-state index contributed by atoms with van der Waals surface area (Å²) in [6.45, 7) is 0. The number of hydrogen-bond donors (Lipinski definition) is 2. The molecular formula is C16H12BN6O2S2. The van der Waals surface area contributed by atoms with E-state index in [4.69, 9.17) is 9.31 Å². The van der Waals surface area contributed by atoms with Crippen molar-refractivity contribution in [2.24, 2.45) is 0 Å². The van der Waals surface area contributed by atoms with Gasteiger partial charge >= 0.3 is 7.69 Å². The molecule has 4 aromatic rings. The summed E-state index contributed by atoms with van der Waals surface area (Å²) in [6.07, 6.45) is 0. The summed E-state index contributed by atoms with van der Waals surface area (Å²) in [5.41, 5.74) is 5.03. The van der Waals surface area contributed by atoms with Gasteiger partial charge in [0, 0.05) is 23.5 Å². The maximum Gasteiger partial charge on any atom is 0.658 e. The molecule has 0 spiro atoms. The highest BCUT2D eigenvalue weighted by atomic mass is 32.1. The first-order chi connectivity index (χ1) is 13.3. The molecule has 0 fully saturated rings. The molecule has 8 nitrogen and oxygen atoms in total. The Bertz CT molecular complexity index is 905. The monoisotopic (exact) mass is 395 g/mol. The van der Waals surface area contributed by atoms with Gasteiger partial charge in [-0.05, 0) is 24.3 Å². The summed E-state index contributed by atoms with van der Waals surface area (Å²) in [6, 6.07) is 14.9. The van der Waals surface area contributed by atoms with E-state index < -0.39 is 0 Å². The number of nitrogens with zero attached hydrogens (tertiary/aromatic N) is 4. The number of rotatable bonds is 8. The zero-order valence-corrected chi connectivity index (χ0v) is 15.4. The fraction of sp³-hybridized carbons (Fsp3) is 0. The van der Waals surface area contributed by atoms with Gasteiger partial charge in [-0.25, -0.2) is 0 Å². The van der Waals surface area contributed by atoms with Crippen molar-refractivity contribution in [2.75, 3.05) is 10.6 Å². The lowest BCUT2D eigenvalue weighted by molar-refractivity contribution is 0.459. The Balaban J connectivity index is 1.32. The predicted molar refractivity (Wildman–Crippen MR) is 106 cm³/mol. The summed E-state index contributed by atoms with van der Waals surface area (Å²) in [5.74, 6) is 1.26. The summed E-state index contributed by atoms with van der Waals surface area (Å²) in [5, 5.41) is 23.2. The van der Waals surface area contributed by atoms with Gasteiger partial charge < -0.3 is 19.9 Å². The maximum absolute atomic E-state index is 5.55. The van der Waals surface area contributed by atoms with Gasteiger partial charge in [-0.3, -0.25) is 0 Å². The van der Waals surface area contributed by atoms with Gasteiger partial charge in [0.15, 0.2) is 0 Å². The highest BCUT2D eigenvalue weighted by Crippen LogP contribution is 2.24. The highest BCUT2D eigenvalue weighted by Gasteiger charge is 2.05. The van der Waals surface area contributed by atoms with Crippen molar-refractivity contribution in [3.05, 3.63) is 59.6 Å². The average Bonchev–Trinajstić information content (AvgIpc) is 3.37. The van der Waals surface area contributed by atoms with Crippen molar-refractivity contribution in [3.8, 4) is 11.5 Å². The molecule has 1 radical (unpaired) electrons. The van der Waals surface area contributed by atoms with Gasteiger partial charge in [0.05, 0.1) is 0 Å². The zero-order valence-electron chi connectivity index (χ0n) is 13.8. The molecule has 11 heteroatoms. The second-order valence-electron chi connectivity index (χ2n) is 5.13. The molecule has 0 saturated heterocycles. The van der Waals surface area contributed by atoms with Crippen LogP contribution in [0, 0.1) is 0 Å². The third-order valence-corrected chi connectivity index (χ3v) is 4.47. The van der Waals surface area contributed by atoms with Crippen LogP contribution in [-0.4, -0.2) is 28.1 Å². The molecule has 2 heterocycles. The fourth-order valence-electron chi connectivity index (χ4n) is 2.13. The minimum absolute atomic E-state index is 0.632. The maximum atomic E-state index is 5.55. The van der Waals surface area contributed by atoms with Crippen LogP contribution in [0.15, 0.2) is 59.6 Å². The Labute approximate surface area is 163 Å². The van der Waals surface area contributed by atoms with Crippen molar-refractivity contribution in [3.63, 3.8) is 0 Å².